The zero-order valence-corrected chi connectivity index (χ0v) is 7.68. The topological polar surface area (TPSA) is 12.5 Å². The molecule has 0 aliphatic carbocycles. The predicted octanol–water partition coefficient (Wildman–Crippen LogP) is 2.38. The lowest BCUT2D eigenvalue weighted by molar-refractivity contribution is 0.113. The second-order valence-corrected chi connectivity index (χ2v) is 3.13. The monoisotopic (exact) mass is 175 g/mol. The number of benzene rings is 1. The molecule has 0 radical (unpaired) electrons. The lowest BCUT2D eigenvalue weighted by Crippen LogP contribution is -2.34. The molecule has 1 aliphatic rings. The van der Waals surface area contributed by atoms with Crippen LogP contribution < -0.4 is 5.06 Å². The van der Waals surface area contributed by atoms with E-state index in [1.54, 1.807) is 0 Å². The van der Waals surface area contributed by atoms with E-state index in [1.165, 1.54) is 0 Å². The summed E-state index contributed by atoms with van der Waals surface area (Å²) in [4.78, 5) is 5.52. The fourth-order valence-corrected chi connectivity index (χ4v) is 1.46. The van der Waals surface area contributed by atoms with Crippen LogP contribution in [0.25, 0.3) is 0 Å². The van der Waals surface area contributed by atoms with Gasteiger partial charge in [0.25, 0.3) is 0 Å². The Morgan fingerprint density at radius 1 is 1.31 bits per heavy atom. The number of para-hydroxylation sites is 1. The van der Waals surface area contributed by atoms with Crippen LogP contribution in [0.4, 0.5) is 5.69 Å². The molecule has 2 nitrogen and oxygen atoms in total. The summed E-state index contributed by atoms with van der Waals surface area (Å²) in [6, 6.07) is 10.5. The maximum absolute atomic E-state index is 5.52. The molecule has 0 fully saturated rings. The summed E-state index contributed by atoms with van der Waals surface area (Å²) in [5.41, 5.74) is 1.11. The lowest BCUT2D eigenvalue weighted by atomic mass is 10.2. The van der Waals surface area contributed by atoms with Crippen LogP contribution >= 0.6 is 0 Å². The van der Waals surface area contributed by atoms with Crippen molar-refractivity contribution < 1.29 is 4.84 Å². The highest BCUT2D eigenvalue weighted by atomic mass is 16.7. The summed E-state index contributed by atoms with van der Waals surface area (Å²) in [5, 5.41) is 1.93. The average molecular weight is 175 g/mol. The smallest absolute Gasteiger partial charge is 0.0931 e. The summed E-state index contributed by atoms with van der Waals surface area (Å²) in [5.74, 6) is 0. The number of nitrogens with zero attached hydrogens (tertiary/aromatic N) is 1. The van der Waals surface area contributed by atoms with Gasteiger partial charge in [-0.25, -0.2) is 5.06 Å². The standard InChI is InChI=1S/C11H13NO/c1-10-6-5-9-13-12(10)11-7-3-2-4-8-11/h2-8,10H,9H2,1H3. The Morgan fingerprint density at radius 3 is 2.77 bits per heavy atom. The Labute approximate surface area is 78.4 Å². The van der Waals surface area contributed by atoms with Gasteiger partial charge in [0.1, 0.15) is 0 Å². The molecule has 1 heterocycles. The Hall–Kier alpha value is -1.28. The molecule has 0 bridgehead atoms. The van der Waals surface area contributed by atoms with Crippen LogP contribution in [-0.2, 0) is 4.84 Å². The van der Waals surface area contributed by atoms with Gasteiger partial charge in [0.05, 0.1) is 18.3 Å². The molecule has 0 N–H and O–H groups in total. The lowest BCUT2D eigenvalue weighted by Gasteiger charge is -2.30. The molecule has 0 saturated heterocycles. The first-order valence-electron chi connectivity index (χ1n) is 4.52. The SMILES string of the molecule is CC1C=CCON1c1ccccc1. The summed E-state index contributed by atoms with van der Waals surface area (Å²) < 4.78 is 0. The fraction of sp³-hybridized carbons (Fsp3) is 0.273. The van der Waals surface area contributed by atoms with Crippen LogP contribution in [0.2, 0.25) is 0 Å². The minimum absolute atomic E-state index is 0.316. The van der Waals surface area contributed by atoms with Crippen LogP contribution in [0.15, 0.2) is 42.5 Å². The molecule has 1 atom stereocenters. The molecular weight excluding hydrogens is 162 g/mol. The molecule has 1 aliphatic heterocycles. The minimum atomic E-state index is 0.316. The highest BCUT2D eigenvalue weighted by Gasteiger charge is 2.14. The van der Waals surface area contributed by atoms with E-state index in [1.807, 2.05) is 29.3 Å². The number of hydrogen-bond acceptors (Lipinski definition) is 2. The van der Waals surface area contributed by atoms with Gasteiger partial charge in [-0.15, -0.1) is 0 Å². The highest BCUT2D eigenvalue weighted by Crippen LogP contribution is 2.19. The molecule has 0 saturated carbocycles. The normalized spacial score (nSPS) is 21.9. The van der Waals surface area contributed by atoms with Gasteiger partial charge >= 0.3 is 0 Å². The van der Waals surface area contributed by atoms with E-state index < -0.39 is 0 Å². The summed E-state index contributed by atoms with van der Waals surface area (Å²) in [7, 11) is 0. The van der Waals surface area contributed by atoms with Gasteiger partial charge in [0, 0.05) is 0 Å². The molecule has 1 unspecified atom stereocenters. The maximum Gasteiger partial charge on any atom is 0.0931 e. The quantitative estimate of drug-likeness (QED) is 0.608. The van der Waals surface area contributed by atoms with Crippen LogP contribution in [0.5, 0.6) is 0 Å². The van der Waals surface area contributed by atoms with E-state index in [2.05, 4.69) is 25.1 Å². The van der Waals surface area contributed by atoms with Crippen molar-refractivity contribution in [2.24, 2.45) is 0 Å². The van der Waals surface area contributed by atoms with E-state index >= 15 is 0 Å². The van der Waals surface area contributed by atoms with E-state index in [9.17, 15) is 0 Å². The van der Waals surface area contributed by atoms with Crippen LogP contribution in [0.1, 0.15) is 6.92 Å². The molecule has 1 aromatic carbocycles. The molecule has 0 aromatic heterocycles. The van der Waals surface area contributed by atoms with Crippen molar-refractivity contribution in [2.75, 3.05) is 11.7 Å². The van der Waals surface area contributed by atoms with E-state index in [4.69, 9.17) is 4.84 Å². The van der Waals surface area contributed by atoms with Crippen molar-refractivity contribution >= 4 is 5.69 Å². The molecule has 0 spiro atoms. The average Bonchev–Trinajstić information content (AvgIpc) is 2.20. The van der Waals surface area contributed by atoms with Crippen molar-refractivity contribution in [2.45, 2.75) is 13.0 Å². The van der Waals surface area contributed by atoms with Crippen LogP contribution in [-0.4, -0.2) is 12.6 Å². The Morgan fingerprint density at radius 2 is 2.08 bits per heavy atom. The third-order valence-corrected chi connectivity index (χ3v) is 2.11. The number of hydrogen-bond donors (Lipinski definition) is 0. The zero-order chi connectivity index (χ0) is 9.10. The van der Waals surface area contributed by atoms with E-state index in [0.717, 1.165) is 5.69 Å². The molecule has 0 amide bonds. The van der Waals surface area contributed by atoms with Gasteiger partial charge in [0.2, 0.25) is 0 Å². The highest BCUT2D eigenvalue weighted by molar-refractivity contribution is 5.45. The molecule has 13 heavy (non-hydrogen) atoms. The van der Waals surface area contributed by atoms with Gasteiger partial charge in [-0.2, -0.15) is 0 Å². The van der Waals surface area contributed by atoms with Crippen LogP contribution in [0.3, 0.4) is 0 Å². The largest absolute Gasteiger partial charge is 0.269 e. The van der Waals surface area contributed by atoms with Gasteiger partial charge in [0.15, 0.2) is 0 Å². The third kappa shape index (κ3) is 1.73. The second kappa shape index (κ2) is 3.62. The van der Waals surface area contributed by atoms with E-state index in [0.29, 0.717) is 12.6 Å². The summed E-state index contributed by atoms with van der Waals surface area (Å²) in [6.45, 7) is 2.78. The molecule has 2 heteroatoms. The van der Waals surface area contributed by atoms with Crippen molar-refractivity contribution in [1.82, 2.24) is 0 Å². The number of rotatable bonds is 1. The Balaban J connectivity index is 2.22. The van der Waals surface area contributed by atoms with Crippen molar-refractivity contribution in [3.05, 3.63) is 42.5 Å². The van der Waals surface area contributed by atoms with Gasteiger partial charge in [-0.1, -0.05) is 30.4 Å². The first-order chi connectivity index (χ1) is 6.38. The van der Waals surface area contributed by atoms with Crippen molar-refractivity contribution in [3.8, 4) is 0 Å². The number of anilines is 1. The fourth-order valence-electron chi connectivity index (χ4n) is 1.46. The van der Waals surface area contributed by atoms with Gasteiger partial charge < -0.3 is 0 Å². The first-order valence-corrected chi connectivity index (χ1v) is 4.52. The molecule has 68 valence electrons. The second-order valence-electron chi connectivity index (χ2n) is 3.13. The third-order valence-electron chi connectivity index (χ3n) is 2.11. The molecule has 1 aromatic rings. The maximum atomic E-state index is 5.52. The van der Waals surface area contributed by atoms with Gasteiger partial charge in [-0.3, -0.25) is 4.84 Å². The zero-order valence-electron chi connectivity index (χ0n) is 7.68. The summed E-state index contributed by atoms with van der Waals surface area (Å²) in [6.07, 6.45) is 4.20. The number of hydroxylamine groups is 1. The molecule has 2 rings (SSSR count). The summed E-state index contributed by atoms with van der Waals surface area (Å²) >= 11 is 0. The van der Waals surface area contributed by atoms with Gasteiger partial charge in [-0.05, 0) is 19.1 Å². The minimum Gasteiger partial charge on any atom is -0.269 e. The van der Waals surface area contributed by atoms with E-state index in [-0.39, 0.29) is 0 Å². The first kappa shape index (κ1) is 8.32. The van der Waals surface area contributed by atoms with Crippen LogP contribution in [0, 0.1) is 0 Å². The predicted molar refractivity (Wildman–Crippen MR) is 53.5 cm³/mol. The molecular formula is C11H13NO. The Kier molecular flexibility index (Phi) is 2.32. The van der Waals surface area contributed by atoms with Crippen molar-refractivity contribution in [1.29, 1.82) is 0 Å². The Bertz CT molecular complexity index is 294. The van der Waals surface area contributed by atoms with Crippen molar-refractivity contribution in [3.63, 3.8) is 0 Å².